The fourth-order valence-electron chi connectivity index (χ4n) is 2.47. The Morgan fingerprint density at radius 1 is 1.17 bits per heavy atom. The van der Waals surface area contributed by atoms with Gasteiger partial charge < -0.3 is 0 Å². The SMILES string of the molecule is Cc1nn(C)c(C)c1C(=O)/C=C/c1ccc(-n2cncn2)cc1. The van der Waals surface area contributed by atoms with Gasteiger partial charge in [0.25, 0.3) is 0 Å². The predicted molar refractivity (Wildman–Crippen MR) is 87.4 cm³/mol. The second-order valence-electron chi connectivity index (χ2n) is 5.30. The van der Waals surface area contributed by atoms with E-state index in [1.54, 1.807) is 27.8 Å². The Balaban J connectivity index is 1.78. The summed E-state index contributed by atoms with van der Waals surface area (Å²) in [4.78, 5) is 16.3. The van der Waals surface area contributed by atoms with E-state index in [1.165, 1.54) is 6.33 Å². The number of aromatic nitrogens is 5. The molecule has 0 saturated carbocycles. The smallest absolute Gasteiger partial charge is 0.189 e. The molecule has 1 aromatic carbocycles. The summed E-state index contributed by atoms with van der Waals surface area (Å²) in [5.41, 5.74) is 4.16. The number of rotatable bonds is 4. The Kier molecular flexibility index (Phi) is 3.89. The first-order valence-electron chi connectivity index (χ1n) is 7.24. The van der Waals surface area contributed by atoms with Gasteiger partial charge in [-0.15, -0.1) is 0 Å². The minimum absolute atomic E-state index is 0.0338. The molecule has 0 spiro atoms. The van der Waals surface area contributed by atoms with E-state index in [0.717, 1.165) is 22.6 Å². The summed E-state index contributed by atoms with van der Waals surface area (Å²) < 4.78 is 3.41. The molecule has 0 aliphatic carbocycles. The Labute approximate surface area is 134 Å². The van der Waals surface area contributed by atoms with E-state index in [4.69, 9.17) is 0 Å². The van der Waals surface area contributed by atoms with Gasteiger partial charge in [-0.2, -0.15) is 10.2 Å². The van der Waals surface area contributed by atoms with Gasteiger partial charge in [-0.1, -0.05) is 18.2 Å². The lowest BCUT2D eigenvalue weighted by molar-refractivity contribution is 0.104. The van der Waals surface area contributed by atoms with Crippen LogP contribution in [0.4, 0.5) is 0 Å². The van der Waals surface area contributed by atoms with Crippen molar-refractivity contribution in [3.05, 3.63) is 65.5 Å². The molecule has 0 unspecified atom stereocenters. The van der Waals surface area contributed by atoms with Gasteiger partial charge in [0.15, 0.2) is 5.78 Å². The maximum Gasteiger partial charge on any atom is 0.189 e. The molecule has 116 valence electrons. The molecule has 0 aliphatic heterocycles. The number of nitrogens with zero attached hydrogens (tertiary/aromatic N) is 5. The first kappa shape index (κ1) is 14.9. The largest absolute Gasteiger partial charge is 0.289 e. The topological polar surface area (TPSA) is 65.6 Å². The molecule has 0 aliphatic rings. The van der Waals surface area contributed by atoms with E-state index in [1.807, 2.05) is 45.2 Å². The summed E-state index contributed by atoms with van der Waals surface area (Å²) in [6.07, 6.45) is 6.52. The first-order valence-corrected chi connectivity index (χ1v) is 7.24. The Morgan fingerprint density at radius 3 is 2.48 bits per heavy atom. The summed E-state index contributed by atoms with van der Waals surface area (Å²) in [6, 6.07) is 7.73. The Morgan fingerprint density at radius 2 is 1.91 bits per heavy atom. The maximum absolute atomic E-state index is 12.4. The van der Waals surface area contributed by atoms with Crippen LogP contribution in [0.15, 0.2) is 43.0 Å². The third kappa shape index (κ3) is 2.96. The summed E-state index contributed by atoms with van der Waals surface area (Å²) in [7, 11) is 1.84. The zero-order valence-corrected chi connectivity index (χ0v) is 13.3. The molecule has 0 saturated heterocycles. The van der Waals surface area contributed by atoms with Gasteiger partial charge in [-0.3, -0.25) is 9.48 Å². The quantitative estimate of drug-likeness (QED) is 0.549. The van der Waals surface area contributed by atoms with Crippen LogP contribution in [0, 0.1) is 13.8 Å². The van der Waals surface area contributed by atoms with Crippen molar-refractivity contribution in [3.63, 3.8) is 0 Å². The molecule has 0 radical (unpaired) electrons. The summed E-state index contributed by atoms with van der Waals surface area (Å²) in [5.74, 6) is -0.0338. The van der Waals surface area contributed by atoms with Crippen LogP contribution < -0.4 is 0 Å². The fraction of sp³-hybridized carbons (Fsp3) is 0.176. The van der Waals surface area contributed by atoms with Gasteiger partial charge in [0.2, 0.25) is 0 Å². The van der Waals surface area contributed by atoms with Crippen LogP contribution in [0.1, 0.15) is 27.3 Å². The molecular formula is C17H17N5O. The molecule has 2 aromatic heterocycles. The molecule has 3 aromatic rings. The van der Waals surface area contributed by atoms with Crippen LogP contribution in [0.5, 0.6) is 0 Å². The molecule has 23 heavy (non-hydrogen) atoms. The highest BCUT2D eigenvalue weighted by atomic mass is 16.1. The molecule has 2 heterocycles. The Hall–Kier alpha value is -3.02. The van der Waals surface area contributed by atoms with Crippen LogP contribution >= 0.6 is 0 Å². The maximum atomic E-state index is 12.4. The van der Waals surface area contributed by atoms with Gasteiger partial charge in [0, 0.05) is 12.7 Å². The molecule has 0 bridgehead atoms. The van der Waals surface area contributed by atoms with Gasteiger partial charge in [-0.25, -0.2) is 9.67 Å². The van der Waals surface area contributed by atoms with Crippen LogP contribution in [0.3, 0.4) is 0 Å². The molecule has 0 fully saturated rings. The minimum Gasteiger partial charge on any atom is -0.289 e. The average molecular weight is 307 g/mol. The summed E-state index contributed by atoms with van der Waals surface area (Å²) in [5, 5.41) is 8.35. The zero-order chi connectivity index (χ0) is 16.4. The van der Waals surface area contributed by atoms with E-state index in [-0.39, 0.29) is 5.78 Å². The van der Waals surface area contributed by atoms with Crippen molar-refractivity contribution < 1.29 is 4.79 Å². The van der Waals surface area contributed by atoms with E-state index >= 15 is 0 Å². The normalized spacial score (nSPS) is 11.3. The standard InChI is InChI=1S/C17H17N5O/c1-12-17(13(2)21(3)20-12)16(23)9-6-14-4-7-15(8-5-14)22-11-18-10-19-22/h4-11H,1-3H3/b9-6+. The van der Waals surface area contributed by atoms with Crippen LogP contribution in [0.25, 0.3) is 11.8 Å². The molecule has 3 rings (SSSR count). The van der Waals surface area contributed by atoms with Crippen LogP contribution in [0.2, 0.25) is 0 Å². The minimum atomic E-state index is -0.0338. The van der Waals surface area contributed by atoms with Crippen molar-refractivity contribution in [2.45, 2.75) is 13.8 Å². The van der Waals surface area contributed by atoms with Gasteiger partial charge in [0.05, 0.1) is 16.9 Å². The van der Waals surface area contributed by atoms with E-state index in [0.29, 0.717) is 5.56 Å². The lowest BCUT2D eigenvalue weighted by Crippen LogP contribution is -1.99. The number of aryl methyl sites for hydroxylation is 2. The van der Waals surface area contributed by atoms with Gasteiger partial charge >= 0.3 is 0 Å². The van der Waals surface area contributed by atoms with Crippen molar-refractivity contribution in [1.82, 2.24) is 24.5 Å². The first-order chi connectivity index (χ1) is 11.1. The monoisotopic (exact) mass is 307 g/mol. The number of allylic oxidation sites excluding steroid dienone is 1. The summed E-state index contributed by atoms with van der Waals surface area (Å²) >= 11 is 0. The van der Waals surface area contributed by atoms with Crippen LogP contribution in [-0.2, 0) is 7.05 Å². The van der Waals surface area contributed by atoms with Crippen LogP contribution in [-0.4, -0.2) is 30.3 Å². The number of benzene rings is 1. The van der Waals surface area contributed by atoms with Crippen molar-refractivity contribution in [3.8, 4) is 5.69 Å². The second kappa shape index (κ2) is 6.00. The van der Waals surface area contributed by atoms with E-state index < -0.39 is 0 Å². The highest BCUT2D eigenvalue weighted by Gasteiger charge is 2.14. The fourth-order valence-corrected chi connectivity index (χ4v) is 2.47. The van der Waals surface area contributed by atoms with Crippen molar-refractivity contribution in [2.24, 2.45) is 7.05 Å². The van der Waals surface area contributed by atoms with Crippen molar-refractivity contribution in [2.75, 3.05) is 0 Å². The molecule has 6 nitrogen and oxygen atoms in total. The number of carbonyl (C=O) groups is 1. The second-order valence-corrected chi connectivity index (χ2v) is 5.30. The number of carbonyl (C=O) groups excluding carboxylic acids is 1. The Bertz CT molecular complexity index is 857. The van der Waals surface area contributed by atoms with Gasteiger partial charge in [-0.05, 0) is 37.6 Å². The van der Waals surface area contributed by atoms with Gasteiger partial charge in [0.1, 0.15) is 12.7 Å². The lowest BCUT2D eigenvalue weighted by Gasteiger charge is -2.00. The van der Waals surface area contributed by atoms with E-state index in [2.05, 4.69) is 15.2 Å². The number of ketones is 1. The molecular weight excluding hydrogens is 290 g/mol. The molecule has 0 N–H and O–H groups in total. The predicted octanol–water partition coefficient (Wildman–Crippen LogP) is 2.51. The lowest BCUT2D eigenvalue weighted by atomic mass is 10.1. The highest BCUT2D eigenvalue weighted by molar-refractivity contribution is 6.08. The average Bonchev–Trinajstić information content (AvgIpc) is 3.15. The summed E-state index contributed by atoms with van der Waals surface area (Å²) in [6.45, 7) is 3.75. The zero-order valence-electron chi connectivity index (χ0n) is 13.3. The highest BCUT2D eigenvalue weighted by Crippen LogP contribution is 2.15. The third-order valence-corrected chi connectivity index (χ3v) is 3.76. The number of hydrogen-bond donors (Lipinski definition) is 0. The number of hydrogen-bond acceptors (Lipinski definition) is 4. The molecule has 0 amide bonds. The molecule has 0 atom stereocenters. The molecule has 6 heteroatoms. The van der Waals surface area contributed by atoms with Crippen molar-refractivity contribution in [1.29, 1.82) is 0 Å². The van der Waals surface area contributed by atoms with Crippen molar-refractivity contribution >= 4 is 11.9 Å². The third-order valence-electron chi connectivity index (χ3n) is 3.76. The van der Waals surface area contributed by atoms with E-state index in [9.17, 15) is 4.79 Å².